The van der Waals surface area contributed by atoms with Crippen LogP contribution >= 0.6 is 0 Å². The van der Waals surface area contributed by atoms with E-state index in [1.165, 1.54) is 29.5 Å². The summed E-state index contributed by atoms with van der Waals surface area (Å²) in [6.07, 6.45) is 3.59. The highest BCUT2D eigenvalue weighted by Crippen LogP contribution is 2.25. The number of aryl methyl sites for hydroxylation is 1. The predicted molar refractivity (Wildman–Crippen MR) is 88.2 cm³/mol. The minimum absolute atomic E-state index is 0.614. The monoisotopic (exact) mass is 280 g/mol. The summed E-state index contributed by atoms with van der Waals surface area (Å²) in [5.74, 6) is 0. The normalized spacial score (nSPS) is 17.7. The van der Waals surface area contributed by atoms with Crippen molar-refractivity contribution >= 4 is 0 Å². The van der Waals surface area contributed by atoms with Crippen LogP contribution in [0.1, 0.15) is 23.1 Å². The molecule has 3 rings (SSSR count). The average molecular weight is 280 g/mol. The molecule has 2 N–H and O–H groups in total. The van der Waals surface area contributed by atoms with Gasteiger partial charge in [-0.25, -0.2) is 0 Å². The van der Waals surface area contributed by atoms with Gasteiger partial charge in [-0.05, 0) is 36.0 Å². The number of nitrogens with zero attached hydrogens (tertiary/aromatic N) is 1. The Morgan fingerprint density at radius 3 is 2.43 bits per heavy atom. The van der Waals surface area contributed by atoms with E-state index in [1.807, 2.05) is 0 Å². The second kappa shape index (κ2) is 6.88. The minimum Gasteiger partial charge on any atom is -0.329 e. The summed E-state index contributed by atoms with van der Waals surface area (Å²) in [6.45, 7) is 2.71. The van der Waals surface area contributed by atoms with Crippen LogP contribution in [-0.2, 0) is 19.4 Å². The lowest BCUT2D eigenvalue weighted by Gasteiger charge is -2.35. The average Bonchev–Trinajstić information content (AvgIpc) is 2.55. The zero-order valence-electron chi connectivity index (χ0n) is 12.5. The molecule has 0 radical (unpaired) electrons. The fourth-order valence-electron chi connectivity index (χ4n) is 3.36. The molecular formula is C19H24N2. The molecule has 1 aliphatic carbocycles. The van der Waals surface area contributed by atoms with Crippen LogP contribution in [0.3, 0.4) is 0 Å². The Hall–Kier alpha value is -1.64. The second-order valence-corrected chi connectivity index (χ2v) is 5.91. The molecule has 0 bridgehead atoms. The van der Waals surface area contributed by atoms with E-state index in [9.17, 15) is 0 Å². The van der Waals surface area contributed by atoms with Gasteiger partial charge in [-0.1, -0.05) is 54.6 Å². The molecule has 0 heterocycles. The number of fused-ring (bicyclic) bond motifs is 1. The smallest absolute Gasteiger partial charge is 0.0237 e. The Bertz CT molecular complexity index is 565. The number of hydrogen-bond donors (Lipinski definition) is 1. The topological polar surface area (TPSA) is 29.3 Å². The lowest BCUT2D eigenvalue weighted by molar-refractivity contribution is 0.176. The fourth-order valence-corrected chi connectivity index (χ4v) is 3.36. The quantitative estimate of drug-likeness (QED) is 0.912. The van der Waals surface area contributed by atoms with Crippen molar-refractivity contribution in [1.29, 1.82) is 0 Å². The van der Waals surface area contributed by atoms with Gasteiger partial charge in [0.2, 0.25) is 0 Å². The molecule has 0 saturated carbocycles. The second-order valence-electron chi connectivity index (χ2n) is 5.91. The van der Waals surface area contributed by atoms with Gasteiger partial charge < -0.3 is 5.73 Å². The molecule has 1 unspecified atom stereocenters. The van der Waals surface area contributed by atoms with Gasteiger partial charge >= 0.3 is 0 Å². The molecule has 21 heavy (non-hydrogen) atoms. The molecule has 0 amide bonds. The van der Waals surface area contributed by atoms with Crippen LogP contribution in [0.25, 0.3) is 0 Å². The molecule has 0 spiro atoms. The third-order valence-corrected chi connectivity index (χ3v) is 4.48. The first-order valence-electron chi connectivity index (χ1n) is 7.91. The summed E-state index contributed by atoms with van der Waals surface area (Å²) in [5, 5.41) is 0. The highest BCUT2D eigenvalue weighted by Gasteiger charge is 2.23. The SMILES string of the molecule is NCCN(Cc1ccccc1)C1CCc2ccccc2C1. The molecule has 0 saturated heterocycles. The molecule has 0 fully saturated rings. The molecule has 0 aliphatic heterocycles. The van der Waals surface area contributed by atoms with E-state index < -0.39 is 0 Å². The van der Waals surface area contributed by atoms with Crippen LogP contribution < -0.4 is 5.73 Å². The lowest BCUT2D eigenvalue weighted by Crippen LogP contribution is -2.41. The largest absolute Gasteiger partial charge is 0.329 e. The van der Waals surface area contributed by atoms with Crippen LogP contribution in [0.5, 0.6) is 0 Å². The van der Waals surface area contributed by atoms with Crippen molar-refractivity contribution in [3.05, 3.63) is 71.3 Å². The molecule has 2 aromatic rings. The summed E-state index contributed by atoms with van der Waals surface area (Å²) >= 11 is 0. The zero-order valence-corrected chi connectivity index (χ0v) is 12.5. The van der Waals surface area contributed by atoms with E-state index in [1.54, 1.807) is 0 Å². The fraction of sp³-hybridized carbons (Fsp3) is 0.368. The third-order valence-electron chi connectivity index (χ3n) is 4.48. The minimum atomic E-state index is 0.614. The van der Waals surface area contributed by atoms with Crippen LogP contribution in [0.2, 0.25) is 0 Å². The highest BCUT2D eigenvalue weighted by molar-refractivity contribution is 5.30. The van der Waals surface area contributed by atoms with Gasteiger partial charge in [0, 0.05) is 25.7 Å². The van der Waals surface area contributed by atoms with Crippen molar-refractivity contribution in [3.8, 4) is 0 Å². The number of benzene rings is 2. The highest BCUT2D eigenvalue weighted by atomic mass is 15.2. The summed E-state index contributed by atoms with van der Waals surface area (Å²) < 4.78 is 0. The summed E-state index contributed by atoms with van der Waals surface area (Å²) in [4.78, 5) is 2.56. The summed E-state index contributed by atoms with van der Waals surface area (Å²) in [5.41, 5.74) is 10.3. The van der Waals surface area contributed by atoms with E-state index >= 15 is 0 Å². The van der Waals surface area contributed by atoms with Crippen molar-refractivity contribution in [1.82, 2.24) is 4.90 Å². The Kier molecular flexibility index (Phi) is 4.69. The van der Waals surface area contributed by atoms with Crippen molar-refractivity contribution in [3.63, 3.8) is 0 Å². The molecule has 2 aromatic carbocycles. The van der Waals surface area contributed by atoms with Gasteiger partial charge in [-0.3, -0.25) is 4.90 Å². The first-order chi connectivity index (χ1) is 10.4. The van der Waals surface area contributed by atoms with Crippen LogP contribution in [0.15, 0.2) is 54.6 Å². The van der Waals surface area contributed by atoms with E-state index in [2.05, 4.69) is 59.5 Å². The van der Waals surface area contributed by atoms with Crippen molar-refractivity contribution in [2.24, 2.45) is 5.73 Å². The Morgan fingerprint density at radius 2 is 1.67 bits per heavy atom. The standard InChI is InChI=1S/C19H24N2/c20-12-13-21(15-16-6-2-1-3-7-16)19-11-10-17-8-4-5-9-18(17)14-19/h1-9,19H,10-15,20H2. The van der Waals surface area contributed by atoms with Crippen molar-refractivity contribution < 1.29 is 0 Å². The maximum absolute atomic E-state index is 5.84. The van der Waals surface area contributed by atoms with E-state index in [0.717, 1.165) is 26.1 Å². The van der Waals surface area contributed by atoms with Crippen LogP contribution in [-0.4, -0.2) is 24.0 Å². The number of nitrogens with two attached hydrogens (primary N) is 1. The lowest BCUT2D eigenvalue weighted by atomic mass is 9.87. The van der Waals surface area contributed by atoms with Gasteiger partial charge in [0.15, 0.2) is 0 Å². The van der Waals surface area contributed by atoms with Gasteiger partial charge in [0.05, 0.1) is 0 Å². The van der Waals surface area contributed by atoms with Crippen LogP contribution in [0, 0.1) is 0 Å². The molecule has 110 valence electrons. The maximum Gasteiger partial charge on any atom is 0.0237 e. The maximum atomic E-state index is 5.84. The van der Waals surface area contributed by atoms with Crippen molar-refractivity contribution in [2.45, 2.75) is 31.8 Å². The first kappa shape index (κ1) is 14.3. The zero-order chi connectivity index (χ0) is 14.5. The van der Waals surface area contributed by atoms with E-state index in [4.69, 9.17) is 5.73 Å². The Labute approximate surface area is 127 Å². The summed E-state index contributed by atoms with van der Waals surface area (Å²) in [7, 11) is 0. The van der Waals surface area contributed by atoms with Gasteiger partial charge in [-0.15, -0.1) is 0 Å². The molecule has 0 aromatic heterocycles. The molecule has 1 atom stereocenters. The molecular weight excluding hydrogens is 256 g/mol. The Balaban J connectivity index is 1.73. The van der Waals surface area contributed by atoms with Gasteiger partial charge in [0.1, 0.15) is 0 Å². The molecule has 2 nitrogen and oxygen atoms in total. The number of rotatable bonds is 5. The predicted octanol–water partition coefficient (Wildman–Crippen LogP) is 3.00. The molecule has 2 heteroatoms. The van der Waals surface area contributed by atoms with Crippen LogP contribution in [0.4, 0.5) is 0 Å². The van der Waals surface area contributed by atoms with Crippen molar-refractivity contribution in [2.75, 3.05) is 13.1 Å². The van der Waals surface area contributed by atoms with E-state index in [-0.39, 0.29) is 0 Å². The van der Waals surface area contributed by atoms with E-state index in [0.29, 0.717) is 6.04 Å². The Morgan fingerprint density at radius 1 is 0.952 bits per heavy atom. The number of hydrogen-bond acceptors (Lipinski definition) is 2. The first-order valence-corrected chi connectivity index (χ1v) is 7.91. The molecule has 1 aliphatic rings. The van der Waals surface area contributed by atoms with Gasteiger partial charge in [0.25, 0.3) is 0 Å². The third kappa shape index (κ3) is 3.52. The van der Waals surface area contributed by atoms with Gasteiger partial charge in [-0.2, -0.15) is 0 Å². The summed E-state index contributed by atoms with van der Waals surface area (Å²) in [6, 6.07) is 20.2.